The van der Waals surface area contributed by atoms with E-state index < -0.39 is 0 Å². The van der Waals surface area contributed by atoms with Crippen LogP contribution in [-0.2, 0) is 17.8 Å². The van der Waals surface area contributed by atoms with Crippen molar-refractivity contribution in [1.82, 2.24) is 25.1 Å². The Labute approximate surface area is 172 Å². The van der Waals surface area contributed by atoms with Crippen LogP contribution < -0.4 is 5.32 Å². The molecule has 0 fully saturated rings. The maximum atomic E-state index is 12.6. The predicted octanol–water partition coefficient (Wildman–Crippen LogP) is 3.79. The number of hydrogen-bond donors (Lipinski definition) is 1. The van der Waals surface area contributed by atoms with Gasteiger partial charge in [-0.1, -0.05) is 30.3 Å². The van der Waals surface area contributed by atoms with Gasteiger partial charge in [0.25, 0.3) is 5.89 Å². The SMILES string of the molecule is Cc1ccc(-c2nnc(CCC(=O)N[C@@H](Cn3ccnc3)c3ccccc3)o2)s1. The van der Waals surface area contributed by atoms with E-state index in [1.54, 1.807) is 23.9 Å². The summed E-state index contributed by atoms with van der Waals surface area (Å²) in [5, 5.41) is 11.3. The highest BCUT2D eigenvalue weighted by atomic mass is 32.1. The topological polar surface area (TPSA) is 85.8 Å². The van der Waals surface area contributed by atoms with Crippen molar-refractivity contribution < 1.29 is 9.21 Å². The van der Waals surface area contributed by atoms with Crippen molar-refractivity contribution in [2.45, 2.75) is 32.4 Å². The third kappa shape index (κ3) is 4.97. The molecule has 0 unspecified atom stereocenters. The van der Waals surface area contributed by atoms with E-state index in [1.165, 1.54) is 4.88 Å². The normalized spacial score (nSPS) is 12.0. The number of rotatable bonds is 8. The zero-order valence-corrected chi connectivity index (χ0v) is 16.8. The first-order chi connectivity index (χ1) is 14.2. The number of aromatic nitrogens is 4. The van der Waals surface area contributed by atoms with E-state index in [-0.39, 0.29) is 18.4 Å². The number of nitrogens with zero attached hydrogens (tertiary/aromatic N) is 4. The summed E-state index contributed by atoms with van der Waals surface area (Å²) in [6.07, 6.45) is 6.03. The van der Waals surface area contributed by atoms with Crippen LogP contribution in [0.15, 0.2) is 65.6 Å². The minimum absolute atomic E-state index is 0.0642. The van der Waals surface area contributed by atoms with Gasteiger partial charge >= 0.3 is 0 Å². The summed E-state index contributed by atoms with van der Waals surface area (Å²) >= 11 is 1.60. The number of carbonyl (C=O) groups is 1. The maximum absolute atomic E-state index is 12.6. The van der Waals surface area contributed by atoms with Crippen molar-refractivity contribution in [3.8, 4) is 10.8 Å². The lowest BCUT2D eigenvalue weighted by molar-refractivity contribution is -0.122. The molecular weight excluding hydrogens is 386 g/mol. The molecule has 0 spiro atoms. The molecule has 1 aromatic carbocycles. The van der Waals surface area contributed by atoms with Crippen molar-refractivity contribution in [3.63, 3.8) is 0 Å². The van der Waals surface area contributed by atoms with Crippen LogP contribution in [0.5, 0.6) is 0 Å². The molecule has 3 heterocycles. The Balaban J connectivity index is 1.37. The molecule has 1 atom stereocenters. The summed E-state index contributed by atoms with van der Waals surface area (Å²) in [5.41, 5.74) is 1.04. The lowest BCUT2D eigenvalue weighted by Crippen LogP contribution is -2.31. The molecule has 0 bridgehead atoms. The standard InChI is InChI=1S/C21H21N5O2S/c1-15-7-8-18(29-15)21-25-24-20(28-21)10-9-19(27)23-17(13-26-12-11-22-14-26)16-5-3-2-4-6-16/h2-8,11-12,14,17H,9-10,13H2,1H3,(H,23,27)/t17-/m0/s1. The number of imidazole rings is 1. The van der Waals surface area contributed by atoms with Gasteiger partial charge in [0.1, 0.15) is 0 Å². The van der Waals surface area contributed by atoms with Crippen molar-refractivity contribution in [2.24, 2.45) is 0 Å². The van der Waals surface area contributed by atoms with Gasteiger partial charge in [-0.25, -0.2) is 4.98 Å². The van der Waals surface area contributed by atoms with Gasteiger partial charge in [0.05, 0.1) is 17.2 Å². The molecule has 0 saturated heterocycles. The molecule has 29 heavy (non-hydrogen) atoms. The highest BCUT2D eigenvalue weighted by Gasteiger charge is 2.17. The highest BCUT2D eigenvalue weighted by molar-refractivity contribution is 7.15. The predicted molar refractivity (Wildman–Crippen MR) is 110 cm³/mol. The minimum Gasteiger partial charge on any atom is -0.420 e. The third-order valence-corrected chi connectivity index (χ3v) is 5.46. The number of carbonyl (C=O) groups excluding carboxylic acids is 1. The maximum Gasteiger partial charge on any atom is 0.257 e. The van der Waals surface area contributed by atoms with Crippen molar-refractivity contribution in [1.29, 1.82) is 0 Å². The molecule has 0 aliphatic carbocycles. The van der Waals surface area contributed by atoms with E-state index >= 15 is 0 Å². The molecule has 4 rings (SSSR count). The molecule has 3 aromatic heterocycles. The molecule has 1 N–H and O–H groups in total. The number of amides is 1. The summed E-state index contributed by atoms with van der Waals surface area (Å²) in [5.74, 6) is 0.901. The van der Waals surface area contributed by atoms with E-state index in [4.69, 9.17) is 4.42 Å². The van der Waals surface area contributed by atoms with E-state index in [0.29, 0.717) is 24.7 Å². The van der Waals surface area contributed by atoms with Gasteiger partial charge in [-0.3, -0.25) is 4.79 Å². The van der Waals surface area contributed by atoms with Crippen LogP contribution in [0.4, 0.5) is 0 Å². The van der Waals surface area contributed by atoms with Crippen molar-refractivity contribution >= 4 is 17.2 Å². The second-order valence-corrected chi connectivity index (χ2v) is 7.99. The summed E-state index contributed by atoms with van der Waals surface area (Å²) < 4.78 is 7.65. The number of nitrogens with one attached hydrogen (secondary N) is 1. The average molecular weight is 407 g/mol. The van der Waals surface area contributed by atoms with Crippen LogP contribution in [0.1, 0.15) is 28.8 Å². The molecule has 1 amide bonds. The van der Waals surface area contributed by atoms with Gasteiger partial charge < -0.3 is 14.3 Å². The molecule has 0 aliphatic rings. The summed E-state index contributed by atoms with van der Waals surface area (Å²) in [4.78, 5) is 18.8. The molecule has 0 radical (unpaired) electrons. The number of hydrogen-bond acceptors (Lipinski definition) is 6. The van der Waals surface area contributed by atoms with Crippen LogP contribution >= 0.6 is 11.3 Å². The molecule has 7 nitrogen and oxygen atoms in total. The molecular formula is C21H21N5O2S. The van der Waals surface area contributed by atoms with Crippen LogP contribution in [0.2, 0.25) is 0 Å². The Kier molecular flexibility index (Phi) is 5.81. The fourth-order valence-corrected chi connectivity index (χ4v) is 3.80. The fraction of sp³-hybridized carbons (Fsp3) is 0.238. The quantitative estimate of drug-likeness (QED) is 0.480. The highest BCUT2D eigenvalue weighted by Crippen LogP contribution is 2.26. The zero-order chi connectivity index (χ0) is 20.1. The van der Waals surface area contributed by atoms with Gasteiger partial charge in [-0.15, -0.1) is 21.5 Å². The third-order valence-electron chi connectivity index (χ3n) is 4.47. The smallest absolute Gasteiger partial charge is 0.257 e. The average Bonchev–Trinajstić information content (AvgIpc) is 3.48. The van der Waals surface area contributed by atoms with Crippen molar-refractivity contribution in [2.75, 3.05) is 0 Å². The molecule has 0 saturated carbocycles. The second kappa shape index (κ2) is 8.83. The van der Waals surface area contributed by atoms with Crippen LogP contribution in [0, 0.1) is 6.92 Å². The number of benzene rings is 1. The molecule has 148 valence electrons. The fourth-order valence-electron chi connectivity index (χ4n) is 3.02. The summed E-state index contributed by atoms with van der Waals surface area (Å²) in [6, 6.07) is 13.7. The minimum atomic E-state index is -0.148. The van der Waals surface area contributed by atoms with Crippen molar-refractivity contribution in [3.05, 3.63) is 77.5 Å². The largest absolute Gasteiger partial charge is 0.420 e. The van der Waals surface area contributed by atoms with E-state index in [1.807, 2.05) is 60.2 Å². The lowest BCUT2D eigenvalue weighted by Gasteiger charge is -2.19. The molecule has 0 aliphatic heterocycles. The van der Waals surface area contributed by atoms with Crippen LogP contribution in [0.3, 0.4) is 0 Å². The molecule has 8 heteroatoms. The summed E-state index contributed by atoms with van der Waals surface area (Å²) in [7, 11) is 0. The van der Waals surface area contributed by atoms with E-state index in [0.717, 1.165) is 10.4 Å². The molecule has 4 aromatic rings. The van der Waals surface area contributed by atoms with Gasteiger partial charge in [-0.05, 0) is 24.6 Å². The second-order valence-electron chi connectivity index (χ2n) is 6.70. The first-order valence-corrected chi connectivity index (χ1v) is 10.2. The Hall–Kier alpha value is -3.26. The van der Waals surface area contributed by atoms with Crippen LogP contribution in [0.25, 0.3) is 10.8 Å². The first-order valence-electron chi connectivity index (χ1n) is 9.36. The van der Waals surface area contributed by atoms with Gasteiger partial charge in [0.15, 0.2) is 0 Å². The van der Waals surface area contributed by atoms with Gasteiger partial charge in [-0.2, -0.15) is 0 Å². The lowest BCUT2D eigenvalue weighted by atomic mass is 10.1. The number of aryl methyl sites for hydroxylation is 2. The van der Waals surface area contributed by atoms with E-state index in [9.17, 15) is 4.79 Å². The van der Waals surface area contributed by atoms with E-state index in [2.05, 4.69) is 20.5 Å². The Morgan fingerprint density at radius 3 is 2.79 bits per heavy atom. The Morgan fingerprint density at radius 1 is 1.21 bits per heavy atom. The Morgan fingerprint density at radius 2 is 2.07 bits per heavy atom. The summed E-state index contributed by atoms with van der Waals surface area (Å²) in [6.45, 7) is 2.64. The Bertz CT molecular complexity index is 1060. The zero-order valence-electron chi connectivity index (χ0n) is 16.0. The van der Waals surface area contributed by atoms with Gasteiger partial charge in [0.2, 0.25) is 11.8 Å². The number of thiophene rings is 1. The first kappa shape index (κ1) is 19.1. The van der Waals surface area contributed by atoms with Crippen LogP contribution in [-0.4, -0.2) is 25.7 Å². The van der Waals surface area contributed by atoms with Gasteiger partial charge in [0, 0.05) is 36.7 Å². The monoisotopic (exact) mass is 407 g/mol.